The molecule has 0 saturated heterocycles. The maximum atomic E-state index is 14.0. The molecule has 172 valence electrons. The summed E-state index contributed by atoms with van der Waals surface area (Å²) in [4.78, 5) is 25.0. The number of hydrogen-bond acceptors (Lipinski definition) is 5. The Kier molecular flexibility index (Phi) is 8.40. The number of aryl methyl sites for hydroxylation is 1. The van der Waals surface area contributed by atoms with E-state index in [9.17, 15) is 14.0 Å². The first-order valence-corrected chi connectivity index (χ1v) is 11.9. The molecule has 7 nitrogen and oxygen atoms in total. The van der Waals surface area contributed by atoms with Gasteiger partial charge in [-0.1, -0.05) is 52.0 Å². The molecule has 0 spiro atoms. The van der Waals surface area contributed by atoms with Gasteiger partial charge >= 0.3 is 0 Å². The zero-order valence-electron chi connectivity index (χ0n) is 18.1. The third kappa shape index (κ3) is 6.29. The molecule has 1 atom stereocenters. The Hall–Kier alpha value is -2.98. The highest BCUT2D eigenvalue weighted by atomic mass is 79.9. The fourth-order valence-electron chi connectivity index (χ4n) is 3.10. The summed E-state index contributed by atoms with van der Waals surface area (Å²) in [5.74, 6) is -0.568. The predicted molar refractivity (Wildman–Crippen MR) is 131 cm³/mol. The van der Waals surface area contributed by atoms with Crippen LogP contribution in [0, 0.1) is 12.7 Å². The van der Waals surface area contributed by atoms with Crippen LogP contribution >= 0.6 is 27.7 Å². The van der Waals surface area contributed by atoms with Crippen molar-refractivity contribution < 1.29 is 14.0 Å². The quantitative estimate of drug-likeness (QED) is 0.303. The molecule has 0 saturated carbocycles. The number of aromatic nitrogens is 3. The SMILES string of the molecule is C=CCn1c(SCC(=O)Nc2ccc(Br)cc2F)nnc1[C@H](C)NC(=O)c1ccccc1C. The third-order valence-electron chi connectivity index (χ3n) is 4.72. The highest BCUT2D eigenvalue weighted by Gasteiger charge is 2.21. The molecule has 1 heterocycles. The largest absolute Gasteiger partial charge is 0.342 e. The van der Waals surface area contributed by atoms with Gasteiger partial charge in [-0.15, -0.1) is 16.8 Å². The standard InChI is InChI=1S/C23H23BrFN5O2S/c1-4-11-30-21(15(3)26-22(32)17-8-6-5-7-14(17)2)28-29-23(30)33-13-20(31)27-19-10-9-16(24)12-18(19)25/h4-10,12,15H,1,11,13H2,2-3H3,(H,26,32)(H,27,31)/t15-/m0/s1. The number of allylic oxidation sites excluding steroid dienone is 1. The lowest BCUT2D eigenvalue weighted by Gasteiger charge is -2.16. The average Bonchev–Trinajstić information content (AvgIpc) is 3.17. The monoisotopic (exact) mass is 531 g/mol. The normalized spacial score (nSPS) is 11.6. The Labute approximate surface area is 204 Å². The van der Waals surface area contributed by atoms with Gasteiger partial charge in [-0.3, -0.25) is 9.59 Å². The number of thioether (sulfide) groups is 1. The van der Waals surface area contributed by atoms with Crippen LogP contribution in [0.2, 0.25) is 0 Å². The lowest BCUT2D eigenvalue weighted by atomic mass is 10.1. The van der Waals surface area contributed by atoms with E-state index in [-0.39, 0.29) is 23.3 Å². The van der Waals surface area contributed by atoms with Crippen LogP contribution in [0.1, 0.15) is 34.7 Å². The van der Waals surface area contributed by atoms with Crippen LogP contribution in [-0.4, -0.2) is 32.3 Å². The lowest BCUT2D eigenvalue weighted by Crippen LogP contribution is -2.29. The van der Waals surface area contributed by atoms with Crippen LogP contribution < -0.4 is 10.6 Å². The highest BCUT2D eigenvalue weighted by Crippen LogP contribution is 2.23. The van der Waals surface area contributed by atoms with E-state index in [0.717, 1.165) is 17.3 Å². The van der Waals surface area contributed by atoms with Crippen LogP contribution in [0.5, 0.6) is 0 Å². The van der Waals surface area contributed by atoms with Crippen molar-refractivity contribution >= 4 is 45.2 Å². The summed E-state index contributed by atoms with van der Waals surface area (Å²) in [6.45, 7) is 7.86. The van der Waals surface area contributed by atoms with E-state index in [0.29, 0.717) is 27.6 Å². The van der Waals surface area contributed by atoms with Crippen molar-refractivity contribution in [3.8, 4) is 0 Å². The third-order valence-corrected chi connectivity index (χ3v) is 6.18. The van der Waals surface area contributed by atoms with Gasteiger partial charge in [-0.25, -0.2) is 4.39 Å². The Bertz CT molecular complexity index is 1180. The van der Waals surface area contributed by atoms with Crippen LogP contribution in [0.25, 0.3) is 0 Å². The minimum atomic E-state index is -0.530. The molecule has 0 aliphatic carbocycles. The number of amides is 2. The van der Waals surface area contributed by atoms with Crippen LogP contribution in [0.15, 0.2) is 64.7 Å². The minimum Gasteiger partial charge on any atom is -0.342 e. The molecule has 0 aliphatic heterocycles. The first-order valence-electron chi connectivity index (χ1n) is 10.1. The second kappa shape index (κ2) is 11.2. The second-order valence-corrected chi connectivity index (χ2v) is 9.07. The van der Waals surface area contributed by atoms with Gasteiger partial charge in [0.15, 0.2) is 11.0 Å². The number of halogens is 2. The molecule has 3 rings (SSSR count). The number of rotatable bonds is 9. The number of benzene rings is 2. The first-order chi connectivity index (χ1) is 15.8. The molecule has 1 aromatic heterocycles. The van der Waals surface area contributed by atoms with Gasteiger partial charge in [0.1, 0.15) is 5.82 Å². The van der Waals surface area contributed by atoms with E-state index in [1.165, 1.54) is 12.1 Å². The van der Waals surface area contributed by atoms with Gasteiger partial charge in [0, 0.05) is 16.6 Å². The minimum absolute atomic E-state index is 0.00866. The number of nitrogens with zero attached hydrogens (tertiary/aromatic N) is 3. The number of anilines is 1. The van der Waals surface area contributed by atoms with Gasteiger partial charge in [-0.2, -0.15) is 0 Å². The van der Waals surface area contributed by atoms with Gasteiger partial charge < -0.3 is 15.2 Å². The molecule has 0 unspecified atom stereocenters. The number of hydrogen-bond donors (Lipinski definition) is 2. The number of nitrogens with one attached hydrogen (secondary N) is 2. The van der Waals surface area contributed by atoms with Crippen molar-refractivity contribution in [3.05, 3.63) is 82.4 Å². The van der Waals surface area contributed by atoms with Crippen LogP contribution in [0.3, 0.4) is 0 Å². The summed E-state index contributed by atoms with van der Waals surface area (Å²) >= 11 is 4.35. The maximum Gasteiger partial charge on any atom is 0.252 e. The Balaban J connectivity index is 1.68. The molecule has 3 aromatic rings. The van der Waals surface area contributed by atoms with E-state index in [2.05, 4.69) is 43.3 Å². The second-order valence-electron chi connectivity index (χ2n) is 7.21. The van der Waals surface area contributed by atoms with Gasteiger partial charge in [0.25, 0.3) is 5.91 Å². The van der Waals surface area contributed by atoms with Crippen molar-refractivity contribution in [2.24, 2.45) is 0 Å². The molecule has 10 heteroatoms. The number of carbonyl (C=O) groups is 2. The summed E-state index contributed by atoms with van der Waals surface area (Å²) in [6, 6.07) is 11.3. The summed E-state index contributed by atoms with van der Waals surface area (Å²) in [5, 5.41) is 14.4. The van der Waals surface area contributed by atoms with Crippen molar-refractivity contribution in [1.82, 2.24) is 20.1 Å². The molecule has 0 aliphatic rings. The molecule has 2 N–H and O–H groups in total. The van der Waals surface area contributed by atoms with Crippen LogP contribution in [0.4, 0.5) is 10.1 Å². The van der Waals surface area contributed by atoms with E-state index in [1.54, 1.807) is 22.8 Å². The van der Waals surface area contributed by atoms with E-state index in [1.807, 2.05) is 32.0 Å². The molecule has 33 heavy (non-hydrogen) atoms. The Morgan fingerprint density at radius 2 is 2.03 bits per heavy atom. The summed E-state index contributed by atoms with van der Waals surface area (Å²) in [5.41, 5.74) is 1.56. The molecule has 0 bridgehead atoms. The fraction of sp³-hybridized carbons (Fsp3) is 0.217. The van der Waals surface area contributed by atoms with Crippen molar-refractivity contribution in [2.45, 2.75) is 31.6 Å². The van der Waals surface area contributed by atoms with Gasteiger partial charge in [0.2, 0.25) is 5.91 Å². The smallest absolute Gasteiger partial charge is 0.252 e. The Morgan fingerprint density at radius 1 is 1.27 bits per heavy atom. The van der Waals surface area contributed by atoms with Crippen molar-refractivity contribution in [1.29, 1.82) is 0 Å². The highest BCUT2D eigenvalue weighted by molar-refractivity contribution is 9.10. The maximum absolute atomic E-state index is 14.0. The van der Waals surface area contributed by atoms with Gasteiger partial charge in [0.05, 0.1) is 17.5 Å². The summed E-state index contributed by atoms with van der Waals surface area (Å²) in [6.07, 6.45) is 1.68. The zero-order chi connectivity index (χ0) is 24.0. The topological polar surface area (TPSA) is 88.9 Å². The molecular weight excluding hydrogens is 509 g/mol. The fourth-order valence-corrected chi connectivity index (χ4v) is 4.19. The molecule has 0 fully saturated rings. The Morgan fingerprint density at radius 3 is 2.73 bits per heavy atom. The van der Waals surface area contributed by atoms with Crippen molar-refractivity contribution in [3.63, 3.8) is 0 Å². The van der Waals surface area contributed by atoms with E-state index in [4.69, 9.17) is 0 Å². The predicted octanol–water partition coefficient (Wildman–Crippen LogP) is 4.90. The molecule has 2 aromatic carbocycles. The zero-order valence-corrected chi connectivity index (χ0v) is 20.5. The molecule has 2 amide bonds. The van der Waals surface area contributed by atoms with Crippen LogP contribution in [-0.2, 0) is 11.3 Å². The summed E-state index contributed by atoms with van der Waals surface area (Å²) in [7, 11) is 0. The van der Waals surface area contributed by atoms with Crippen molar-refractivity contribution in [2.75, 3.05) is 11.1 Å². The van der Waals surface area contributed by atoms with Gasteiger partial charge in [-0.05, 0) is 43.7 Å². The van der Waals surface area contributed by atoms with E-state index >= 15 is 0 Å². The molecular formula is C23H23BrFN5O2S. The average molecular weight is 532 g/mol. The first kappa shape index (κ1) is 24.7. The molecule has 0 radical (unpaired) electrons. The van der Waals surface area contributed by atoms with E-state index < -0.39 is 11.9 Å². The number of carbonyl (C=O) groups excluding carboxylic acids is 2. The summed E-state index contributed by atoms with van der Waals surface area (Å²) < 4.78 is 16.3. The lowest BCUT2D eigenvalue weighted by molar-refractivity contribution is -0.113.